The van der Waals surface area contributed by atoms with Crippen molar-refractivity contribution >= 4 is 11.8 Å². The van der Waals surface area contributed by atoms with Gasteiger partial charge in [-0.15, -0.1) is 0 Å². The zero-order valence-electron chi connectivity index (χ0n) is 14.5. The van der Waals surface area contributed by atoms with Crippen LogP contribution in [-0.2, 0) is 16.0 Å². The van der Waals surface area contributed by atoms with Crippen molar-refractivity contribution < 1.29 is 14.0 Å². The third kappa shape index (κ3) is 4.18. The predicted octanol–water partition coefficient (Wildman–Crippen LogP) is 1.70. The first kappa shape index (κ1) is 17.9. The van der Waals surface area contributed by atoms with Crippen LogP contribution in [0.5, 0.6) is 0 Å². The number of carbonyl (C=O) groups excluding carboxylic acids is 2. The molecule has 1 aromatic carbocycles. The van der Waals surface area contributed by atoms with Gasteiger partial charge >= 0.3 is 0 Å². The number of nitrogens with zero attached hydrogens (tertiary/aromatic N) is 2. The summed E-state index contributed by atoms with van der Waals surface area (Å²) >= 11 is 0. The molecule has 2 fully saturated rings. The normalized spacial score (nSPS) is 22.3. The molecule has 2 amide bonds. The van der Waals surface area contributed by atoms with Gasteiger partial charge < -0.3 is 10.6 Å². The smallest absolute Gasteiger partial charge is 0.234 e. The van der Waals surface area contributed by atoms with Crippen LogP contribution >= 0.6 is 0 Å². The Kier molecular flexibility index (Phi) is 5.68. The molecule has 6 heteroatoms. The number of primary amides is 1. The molecule has 2 aliphatic rings. The average Bonchev–Trinajstić information content (AvgIpc) is 3.11. The quantitative estimate of drug-likeness (QED) is 0.882. The highest BCUT2D eigenvalue weighted by Gasteiger charge is 2.36. The molecule has 0 spiro atoms. The molecule has 25 heavy (non-hydrogen) atoms. The van der Waals surface area contributed by atoms with Gasteiger partial charge in [-0.1, -0.05) is 18.2 Å². The van der Waals surface area contributed by atoms with E-state index in [-0.39, 0.29) is 23.7 Å². The average molecular weight is 347 g/mol. The molecule has 1 atom stereocenters. The van der Waals surface area contributed by atoms with Crippen LogP contribution < -0.4 is 5.73 Å². The van der Waals surface area contributed by atoms with Gasteiger partial charge in [0.1, 0.15) is 5.82 Å². The van der Waals surface area contributed by atoms with Crippen molar-refractivity contribution in [3.05, 3.63) is 35.6 Å². The van der Waals surface area contributed by atoms with E-state index in [9.17, 15) is 14.0 Å². The molecule has 2 heterocycles. The van der Waals surface area contributed by atoms with Gasteiger partial charge in [0.15, 0.2) is 0 Å². The van der Waals surface area contributed by atoms with Gasteiger partial charge in [0, 0.05) is 25.6 Å². The van der Waals surface area contributed by atoms with Crippen LogP contribution in [0, 0.1) is 5.82 Å². The molecule has 0 aliphatic carbocycles. The fraction of sp³-hybridized carbons (Fsp3) is 0.579. The number of benzene rings is 1. The van der Waals surface area contributed by atoms with Crippen molar-refractivity contribution in [2.24, 2.45) is 5.73 Å². The number of hydrogen-bond acceptors (Lipinski definition) is 3. The van der Waals surface area contributed by atoms with Gasteiger partial charge in [0.05, 0.1) is 6.04 Å². The summed E-state index contributed by atoms with van der Waals surface area (Å²) in [7, 11) is 0. The van der Waals surface area contributed by atoms with Gasteiger partial charge in [-0.3, -0.25) is 14.5 Å². The molecule has 5 nitrogen and oxygen atoms in total. The monoisotopic (exact) mass is 347 g/mol. The number of halogens is 1. The maximum atomic E-state index is 13.6. The molecular weight excluding hydrogens is 321 g/mol. The minimum atomic E-state index is -0.250. The molecule has 136 valence electrons. The summed E-state index contributed by atoms with van der Waals surface area (Å²) in [5.41, 5.74) is 6.09. The molecule has 1 aromatic rings. The lowest BCUT2D eigenvalue weighted by molar-refractivity contribution is -0.133. The topological polar surface area (TPSA) is 66.6 Å². The van der Waals surface area contributed by atoms with Crippen LogP contribution in [0.15, 0.2) is 24.3 Å². The Morgan fingerprint density at radius 2 is 1.84 bits per heavy atom. The Morgan fingerprint density at radius 3 is 2.52 bits per heavy atom. The number of amides is 2. The fourth-order valence-electron chi connectivity index (χ4n) is 4.08. The van der Waals surface area contributed by atoms with E-state index < -0.39 is 0 Å². The van der Waals surface area contributed by atoms with E-state index in [1.807, 2.05) is 4.90 Å². The SMILES string of the molecule is NC(=O)C1CCCN1C1CCN(C(=O)CCc2ccccc2F)CC1. The second-order valence-corrected chi connectivity index (χ2v) is 7.00. The molecule has 2 saturated heterocycles. The lowest BCUT2D eigenvalue weighted by atomic mass is 10.0. The molecule has 3 rings (SSSR count). The van der Waals surface area contributed by atoms with Crippen molar-refractivity contribution in [3.8, 4) is 0 Å². The predicted molar refractivity (Wildman–Crippen MR) is 93.2 cm³/mol. The summed E-state index contributed by atoms with van der Waals surface area (Å²) < 4.78 is 13.6. The molecular formula is C19H26FN3O2. The molecule has 0 aromatic heterocycles. The van der Waals surface area contributed by atoms with Crippen molar-refractivity contribution in [2.45, 2.75) is 50.6 Å². The third-order valence-corrected chi connectivity index (χ3v) is 5.47. The summed E-state index contributed by atoms with van der Waals surface area (Å²) in [4.78, 5) is 28.1. The maximum Gasteiger partial charge on any atom is 0.234 e. The number of carbonyl (C=O) groups is 2. The molecule has 1 unspecified atom stereocenters. The molecule has 2 N–H and O–H groups in total. The summed E-state index contributed by atoms with van der Waals surface area (Å²) in [5.74, 6) is -0.406. The van der Waals surface area contributed by atoms with Gasteiger partial charge in [-0.05, 0) is 50.3 Å². The number of nitrogens with two attached hydrogens (primary N) is 1. The van der Waals surface area contributed by atoms with Gasteiger partial charge in [-0.2, -0.15) is 0 Å². The summed E-state index contributed by atoms with van der Waals surface area (Å²) in [6, 6.07) is 6.79. The Labute approximate surface area is 148 Å². The van der Waals surface area contributed by atoms with Gasteiger partial charge in [0.25, 0.3) is 0 Å². The van der Waals surface area contributed by atoms with E-state index in [1.54, 1.807) is 18.2 Å². The van der Waals surface area contributed by atoms with E-state index in [1.165, 1.54) is 6.07 Å². The summed E-state index contributed by atoms with van der Waals surface area (Å²) in [6.45, 7) is 2.31. The molecule has 0 radical (unpaired) electrons. The van der Waals surface area contributed by atoms with Crippen molar-refractivity contribution in [3.63, 3.8) is 0 Å². The largest absolute Gasteiger partial charge is 0.368 e. The second kappa shape index (κ2) is 7.95. The second-order valence-electron chi connectivity index (χ2n) is 7.00. The van der Waals surface area contributed by atoms with E-state index in [2.05, 4.69) is 4.90 Å². The third-order valence-electron chi connectivity index (χ3n) is 5.47. The minimum Gasteiger partial charge on any atom is -0.368 e. The van der Waals surface area contributed by atoms with Crippen LogP contribution in [0.1, 0.15) is 37.7 Å². The van der Waals surface area contributed by atoms with Gasteiger partial charge in [-0.25, -0.2) is 4.39 Å². The Balaban J connectivity index is 1.48. The van der Waals surface area contributed by atoms with E-state index >= 15 is 0 Å². The van der Waals surface area contributed by atoms with Crippen molar-refractivity contribution in [1.29, 1.82) is 0 Å². The summed E-state index contributed by atoms with van der Waals surface area (Å²) in [5, 5.41) is 0. The Morgan fingerprint density at radius 1 is 1.12 bits per heavy atom. The molecule has 0 saturated carbocycles. The minimum absolute atomic E-state index is 0.0783. The van der Waals surface area contributed by atoms with Gasteiger partial charge in [0.2, 0.25) is 11.8 Å². The standard InChI is InChI=1S/C19H26FN3O2/c20-16-5-2-1-4-14(16)7-8-18(24)22-12-9-15(10-13-22)23-11-3-6-17(23)19(21)25/h1-2,4-5,15,17H,3,6-13H2,(H2,21,25). The number of aryl methyl sites for hydroxylation is 1. The van der Waals surface area contributed by atoms with Crippen LogP contribution in [0.4, 0.5) is 4.39 Å². The zero-order valence-corrected chi connectivity index (χ0v) is 14.5. The Bertz CT molecular complexity index is 629. The summed E-state index contributed by atoms with van der Waals surface area (Å²) in [6.07, 6.45) is 4.36. The zero-order chi connectivity index (χ0) is 17.8. The van der Waals surface area contributed by atoms with E-state index in [4.69, 9.17) is 5.73 Å². The van der Waals surface area contributed by atoms with Crippen LogP contribution in [0.2, 0.25) is 0 Å². The lowest BCUT2D eigenvalue weighted by Gasteiger charge is -2.38. The molecule has 2 aliphatic heterocycles. The lowest BCUT2D eigenvalue weighted by Crippen LogP contribution is -2.51. The first-order chi connectivity index (χ1) is 12.1. The van der Waals surface area contributed by atoms with Crippen molar-refractivity contribution in [1.82, 2.24) is 9.80 Å². The van der Waals surface area contributed by atoms with Crippen LogP contribution in [0.25, 0.3) is 0 Å². The van der Waals surface area contributed by atoms with Crippen LogP contribution in [-0.4, -0.2) is 53.3 Å². The highest BCUT2D eigenvalue weighted by atomic mass is 19.1. The molecule has 0 bridgehead atoms. The highest BCUT2D eigenvalue weighted by Crippen LogP contribution is 2.26. The maximum absolute atomic E-state index is 13.6. The number of hydrogen-bond donors (Lipinski definition) is 1. The number of rotatable bonds is 5. The fourth-order valence-corrected chi connectivity index (χ4v) is 4.08. The van der Waals surface area contributed by atoms with E-state index in [0.29, 0.717) is 37.5 Å². The van der Waals surface area contributed by atoms with E-state index in [0.717, 1.165) is 32.2 Å². The van der Waals surface area contributed by atoms with Crippen LogP contribution in [0.3, 0.4) is 0 Å². The first-order valence-corrected chi connectivity index (χ1v) is 9.12. The first-order valence-electron chi connectivity index (χ1n) is 9.12. The van der Waals surface area contributed by atoms with Crippen molar-refractivity contribution in [2.75, 3.05) is 19.6 Å². The Hall–Kier alpha value is -1.95. The highest BCUT2D eigenvalue weighted by molar-refractivity contribution is 5.80. The number of likely N-dealkylation sites (tertiary alicyclic amines) is 2. The number of piperidine rings is 1.